The number of rotatable bonds is 5. The van der Waals surface area contributed by atoms with Gasteiger partial charge in [0.25, 0.3) is 0 Å². The second kappa shape index (κ2) is 6.36. The van der Waals surface area contributed by atoms with Crippen LogP contribution in [0.1, 0.15) is 72.9 Å². The molecule has 0 aliphatic heterocycles. The zero-order valence-corrected chi connectivity index (χ0v) is 14.4. The zero-order chi connectivity index (χ0) is 16.5. The molecule has 1 unspecified atom stereocenters. The number of carbonyl (C=O) groups is 2. The molecule has 22 heavy (non-hydrogen) atoms. The van der Waals surface area contributed by atoms with Crippen LogP contribution in [0.4, 0.5) is 0 Å². The van der Waals surface area contributed by atoms with Crippen molar-refractivity contribution in [1.82, 2.24) is 10.3 Å². The molecule has 1 saturated carbocycles. The van der Waals surface area contributed by atoms with Crippen LogP contribution in [0, 0.1) is 18.3 Å². The van der Waals surface area contributed by atoms with Crippen molar-refractivity contribution in [1.29, 1.82) is 0 Å². The first-order chi connectivity index (χ1) is 10.2. The smallest absolute Gasteiger partial charge is 0.347 e. The predicted molar refractivity (Wildman–Crippen MR) is 86.1 cm³/mol. The summed E-state index contributed by atoms with van der Waals surface area (Å²) in [6, 6.07) is -0.273. The molecule has 1 heterocycles. The average Bonchev–Trinajstić information content (AvgIpc) is 3.07. The molecule has 2 rings (SSSR count). The molecule has 5 nitrogen and oxygen atoms in total. The van der Waals surface area contributed by atoms with E-state index in [2.05, 4.69) is 10.3 Å². The third-order valence-corrected chi connectivity index (χ3v) is 6.01. The summed E-state index contributed by atoms with van der Waals surface area (Å²) >= 11 is 1.14. The van der Waals surface area contributed by atoms with Crippen molar-refractivity contribution in [3.63, 3.8) is 0 Å². The van der Waals surface area contributed by atoms with E-state index in [1.807, 2.05) is 20.8 Å². The number of carboxylic acid groups (broad SMARTS) is 1. The third kappa shape index (κ3) is 3.32. The van der Waals surface area contributed by atoms with E-state index in [9.17, 15) is 9.59 Å². The van der Waals surface area contributed by atoms with Crippen LogP contribution in [-0.2, 0) is 4.79 Å². The highest BCUT2D eigenvalue weighted by molar-refractivity contribution is 7.13. The molecule has 1 atom stereocenters. The van der Waals surface area contributed by atoms with Gasteiger partial charge >= 0.3 is 5.97 Å². The molecular weight excluding hydrogens is 300 g/mol. The molecule has 6 heteroatoms. The van der Waals surface area contributed by atoms with Gasteiger partial charge in [0.05, 0.1) is 11.7 Å². The molecule has 1 aliphatic rings. The summed E-state index contributed by atoms with van der Waals surface area (Å²) in [5, 5.41) is 12.8. The molecule has 1 aromatic rings. The van der Waals surface area contributed by atoms with Crippen molar-refractivity contribution in [3.8, 4) is 0 Å². The highest BCUT2D eigenvalue weighted by atomic mass is 32.1. The molecule has 122 valence electrons. The van der Waals surface area contributed by atoms with Gasteiger partial charge in [-0.15, -0.1) is 11.3 Å². The fourth-order valence-corrected chi connectivity index (χ4v) is 3.99. The van der Waals surface area contributed by atoms with Crippen LogP contribution in [0.3, 0.4) is 0 Å². The fraction of sp³-hybridized carbons (Fsp3) is 0.688. The van der Waals surface area contributed by atoms with E-state index in [0.717, 1.165) is 24.2 Å². The van der Waals surface area contributed by atoms with Crippen molar-refractivity contribution in [2.75, 3.05) is 0 Å². The second-order valence-corrected chi connectivity index (χ2v) is 7.70. The Morgan fingerprint density at radius 1 is 1.36 bits per heavy atom. The van der Waals surface area contributed by atoms with Crippen LogP contribution in [0.5, 0.6) is 0 Å². The molecule has 2 N–H and O–H groups in total. The number of carboxylic acids is 1. The van der Waals surface area contributed by atoms with Gasteiger partial charge in [0.15, 0.2) is 0 Å². The lowest BCUT2D eigenvalue weighted by Crippen LogP contribution is -2.42. The minimum atomic E-state index is -0.967. The largest absolute Gasteiger partial charge is 0.477 e. The molecular formula is C16H24N2O3S. The van der Waals surface area contributed by atoms with Gasteiger partial charge in [-0.3, -0.25) is 4.79 Å². The Morgan fingerprint density at radius 2 is 1.95 bits per heavy atom. The number of nitrogens with zero attached hydrogens (tertiary/aromatic N) is 1. The first kappa shape index (κ1) is 16.9. The summed E-state index contributed by atoms with van der Waals surface area (Å²) in [5.74, 6) is -0.519. The molecule has 1 amide bonds. The van der Waals surface area contributed by atoms with Crippen molar-refractivity contribution >= 4 is 23.2 Å². The summed E-state index contributed by atoms with van der Waals surface area (Å²) < 4.78 is 0. The highest BCUT2D eigenvalue weighted by Gasteiger charge is 2.38. The minimum absolute atomic E-state index is 0.0247. The van der Waals surface area contributed by atoms with Crippen molar-refractivity contribution in [2.24, 2.45) is 11.3 Å². The van der Waals surface area contributed by atoms with E-state index in [0.29, 0.717) is 16.6 Å². The Morgan fingerprint density at radius 3 is 2.45 bits per heavy atom. The van der Waals surface area contributed by atoms with Crippen LogP contribution in [0.2, 0.25) is 0 Å². The first-order valence-corrected chi connectivity index (χ1v) is 8.56. The Kier molecular flexibility index (Phi) is 4.90. The van der Waals surface area contributed by atoms with E-state index in [1.54, 1.807) is 6.92 Å². The average molecular weight is 324 g/mol. The molecule has 0 aromatic carbocycles. The number of carbonyl (C=O) groups excluding carboxylic acids is 1. The maximum atomic E-state index is 12.6. The topological polar surface area (TPSA) is 79.3 Å². The van der Waals surface area contributed by atoms with Gasteiger partial charge in [0, 0.05) is 5.41 Å². The van der Waals surface area contributed by atoms with Crippen LogP contribution < -0.4 is 5.32 Å². The third-order valence-electron chi connectivity index (χ3n) is 4.69. The Bertz CT molecular complexity index is 574. The number of aryl methyl sites for hydroxylation is 1. The highest BCUT2D eigenvalue weighted by Crippen LogP contribution is 2.40. The van der Waals surface area contributed by atoms with E-state index in [-0.39, 0.29) is 16.8 Å². The number of aromatic nitrogens is 1. The van der Waals surface area contributed by atoms with E-state index < -0.39 is 11.4 Å². The lowest BCUT2D eigenvalue weighted by atomic mass is 9.77. The number of nitrogens with one attached hydrogen (secondary N) is 1. The molecule has 1 fully saturated rings. The number of aromatic carboxylic acids is 1. The molecule has 0 bridgehead atoms. The second-order valence-electron chi connectivity index (χ2n) is 6.67. The Balaban J connectivity index is 2.07. The van der Waals surface area contributed by atoms with Crippen LogP contribution in [0.15, 0.2) is 0 Å². The Hall–Kier alpha value is -1.43. The molecule has 0 spiro atoms. The molecule has 1 aliphatic carbocycles. The summed E-state index contributed by atoms with van der Waals surface area (Å²) in [7, 11) is 0. The number of thiazole rings is 1. The van der Waals surface area contributed by atoms with Crippen LogP contribution in [0.25, 0.3) is 0 Å². The summed E-state index contributed by atoms with van der Waals surface area (Å²) in [6.45, 7) is 7.54. The van der Waals surface area contributed by atoms with E-state index in [1.165, 1.54) is 12.8 Å². The number of hydrogen-bond donors (Lipinski definition) is 2. The lowest BCUT2D eigenvalue weighted by molar-refractivity contribution is -0.132. The quantitative estimate of drug-likeness (QED) is 0.868. The number of hydrogen-bond acceptors (Lipinski definition) is 4. The van der Waals surface area contributed by atoms with Gasteiger partial charge in [-0.25, -0.2) is 9.78 Å². The maximum Gasteiger partial charge on any atom is 0.347 e. The van der Waals surface area contributed by atoms with E-state index in [4.69, 9.17) is 5.11 Å². The summed E-state index contributed by atoms with van der Waals surface area (Å²) in [6.07, 6.45) is 4.61. The van der Waals surface area contributed by atoms with Gasteiger partial charge < -0.3 is 10.4 Å². The molecule has 1 aromatic heterocycles. The van der Waals surface area contributed by atoms with Gasteiger partial charge in [-0.2, -0.15) is 0 Å². The van der Waals surface area contributed by atoms with Gasteiger partial charge in [-0.1, -0.05) is 26.7 Å². The molecule has 0 radical (unpaired) electrons. The van der Waals surface area contributed by atoms with Gasteiger partial charge in [0.1, 0.15) is 9.88 Å². The maximum absolute atomic E-state index is 12.6. The normalized spacial score (nSPS) is 17.5. The number of amides is 1. The first-order valence-electron chi connectivity index (χ1n) is 7.75. The van der Waals surface area contributed by atoms with E-state index >= 15 is 0 Å². The molecule has 0 saturated heterocycles. The SMILES string of the molecule is Cc1nc(C(C)NC(=O)C(C)(C)C2CCCC2)sc1C(=O)O. The minimum Gasteiger partial charge on any atom is -0.477 e. The standard InChI is InChI=1S/C16H24N2O3S/c1-9-12(14(19)20)22-13(17-9)10(2)18-15(21)16(3,4)11-7-5-6-8-11/h10-11H,5-8H2,1-4H3,(H,18,21)(H,19,20). The van der Waals surface area contributed by atoms with Gasteiger partial charge in [-0.05, 0) is 32.6 Å². The van der Waals surface area contributed by atoms with Crippen LogP contribution >= 0.6 is 11.3 Å². The predicted octanol–water partition coefficient (Wildman–Crippen LogP) is 3.54. The summed E-state index contributed by atoms with van der Waals surface area (Å²) in [4.78, 5) is 28.2. The lowest BCUT2D eigenvalue weighted by Gasteiger charge is -2.31. The van der Waals surface area contributed by atoms with Crippen molar-refractivity contribution < 1.29 is 14.7 Å². The van der Waals surface area contributed by atoms with Gasteiger partial charge in [0.2, 0.25) is 5.91 Å². The zero-order valence-electron chi connectivity index (χ0n) is 13.6. The Labute approximate surface area is 135 Å². The van der Waals surface area contributed by atoms with Crippen LogP contribution in [-0.4, -0.2) is 22.0 Å². The monoisotopic (exact) mass is 324 g/mol. The van der Waals surface area contributed by atoms with Crippen molar-refractivity contribution in [2.45, 2.75) is 59.4 Å². The fourth-order valence-electron chi connectivity index (χ4n) is 3.08. The summed E-state index contributed by atoms with van der Waals surface area (Å²) in [5.41, 5.74) is 0.107. The van der Waals surface area contributed by atoms with Crippen molar-refractivity contribution in [3.05, 3.63) is 15.6 Å².